The number of nitrogens with two attached hydrogens (primary N) is 1. The highest BCUT2D eigenvalue weighted by molar-refractivity contribution is 5.99. The average Bonchev–Trinajstić information content (AvgIpc) is 2.38. The van der Waals surface area contributed by atoms with Crippen molar-refractivity contribution in [3.8, 4) is 0 Å². The van der Waals surface area contributed by atoms with Crippen molar-refractivity contribution in [2.24, 2.45) is 5.73 Å². The van der Waals surface area contributed by atoms with E-state index in [0.29, 0.717) is 0 Å². The van der Waals surface area contributed by atoms with Crippen molar-refractivity contribution >= 4 is 18.2 Å². The molecule has 1 atom stereocenters. The van der Waals surface area contributed by atoms with Gasteiger partial charge in [0.05, 0.1) is 6.04 Å². The largest absolute Gasteiger partial charge is 0.321 e. The Balaban J connectivity index is 0.00000289. The number of unbranched alkanes of at least 4 members (excludes halogenated alkanes) is 4. The maximum atomic E-state index is 11.9. The molecule has 0 bridgehead atoms. The van der Waals surface area contributed by atoms with E-state index in [4.69, 9.17) is 5.73 Å². The molecule has 1 aromatic rings. The fourth-order valence-corrected chi connectivity index (χ4v) is 1.92. The molecule has 0 saturated heterocycles. The quantitative estimate of drug-likeness (QED) is 0.573. The van der Waals surface area contributed by atoms with E-state index in [1.165, 1.54) is 25.7 Å². The van der Waals surface area contributed by atoms with Gasteiger partial charge in [-0.05, 0) is 6.42 Å². The van der Waals surface area contributed by atoms with Crippen molar-refractivity contribution in [3.63, 3.8) is 0 Å². The Bertz CT molecular complexity index is 327. The third-order valence-corrected chi connectivity index (χ3v) is 3.01. The van der Waals surface area contributed by atoms with Gasteiger partial charge in [0.15, 0.2) is 5.78 Å². The normalized spacial score (nSPS) is 11.7. The molecule has 2 N–H and O–H groups in total. The fourth-order valence-electron chi connectivity index (χ4n) is 1.92. The standard InChI is InChI=1S/C15H23NO.ClH/c1-2-3-4-5-9-12-14(16)15(17)13-10-7-6-8-11-13;/h6-8,10-11,14H,2-5,9,12,16H2,1H3;1H/t14-;/m0./s1. The molecule has 0 aromatic heterocycles. The monoisotopic (exact) mass is 269 g/mol. The SMILES string of the molecule is CCCCCCC[C@H](N)C(=O)c1ccccc1.Cl. The summed E-state index contributed by atoms with van der Waals surface area (Å²) in [5.74, 6) is 0.0705. The van der Waals surface area contributed by atoms with Crippen molar-refractivity contribution in [2.75, 3.05) is 0 Å². The van der Waals surface area contributed by atoms with E-state index in [0.717, 1.165) is 18.4 Å². The molecule has 3 heteroatoms. The van der Waals surface area contributed by atoms with Gasteiger partial charge in [0.1, 0.15) is 0 Å². The lowest BCUT2D eigenvalue weighted by Crippen LogP contribution is -2.30. The van der Waals surface area contributed by atoms with Crippen molar-refractivity contribution < 1.29 is 4.79 Å². The summed E-state index contributed by atoms with van der Waals surface area (Å²) >= 11 is 0. The number of hydrogen-bond acceptors (Lipinski definition) is 2. The first-order valence-corrected chi connectivity index (χ1v) is 6.60. The third-order valence-electron chi connectivity index (χ3n) is 3.01. The van der Waals surface area contributed by atoms with E-state index in [1.54, 1.807) is 0 Å². The smallest absolute Gasteiger partial charge is 0.179 e. The summed E-state index contributed by atoms with van der Waals surface area (Å²) in [5.41, 5.74) is 6.64. The number of hydrogen-bond donors (Lipinski definition) is 1. The van der Waals surface area contributed by atoms with Crippen molar-refractivity contribution in [3.05, 3.63) is 35.9 Å². The summed E-state index contributed by atoms with van der Waals surface area (Å²) < 4.78 is 0. The van der Waals surface area contributed by atoms with Crippen LogP contribution >= 0.6 is 12.4 Å². The van der Waals surface area contributed by atoms with Gasteiger partial charge in [-0.25, -0.2) is 0 Å². The van der Waals surface area contributed by atoms with Crippen LogP contribution in [0, 0.1) is 0 Å². The van der Waals surface area contributed by atoms with Gasteiger partial charge in [0.25, 0.3) is 0 Å². The lowest BCUT2D eigenvalue weighted by Gasteiger charge is -2.10. The number of carbonyl (C=O) groups excluding carboxylic acids is 1. The molecule has 0 heterocycles. The van der Waals surface area contributed by atoms with Gasteiger partial charge in [-0.15, -0.1) is 12.4 Å². The third kappa shape index (κ3) is 6.18. The molecular formula is C15H24ClNO. The highest BCUT2D eigenvalue weighted by Gasteiger charge is 2.14. The molecule has 102 valence electrons. The summed E-state index contributed by atoms with van der Waals surface area (Å²) in [6.07, 6.45) is 6.82. The maximum absolute atomic E-state index is 11.9. The molecule has 0 radical (unpaired) electrons. The maximum Gasteiger partial charge on any atom is 0.179 e. The first-order valence-electron chi connectivity index (χ1n) is 6.60. The number of Topliss-reactive ketones (excluding diaryl/α,β-unsaturated/α-hetero) is 1. The van der Waals surface area contributed by atoms with Crippen LogP contribution in [0.15, 0.2) is 30.3 Å². The Kier molecular flexibility index (Phi) is 9.62. The molecule has 1 aromatic carbocycles. The molecule has 2 nitrogen and oxygen atoms in total. The van der Waals surface area contributed by atoms with Crippen LogP contribution in [0.3, 0.4) is 0 Å². The van der Waals surface area contributed by atoms with Gasteiger partial charge in [0.2, 0.25) is 0 Å². The number of halogens is 1. The Morgan fingerprint density at radius 3 is 2.33 bits per heavy atom. The van der Waals surface area contributed by atoms with Gasteiger partial charge in [-0.3, -0.25) is 4.79 Å². The minimum Gasteiger partial charge on any atom is -0.321 e. The minimum atomic E-state index is -0.334. The summed E-state index contributed by atoms with van der Waals surface area (Å²) in [4.78, 5) is 11.9. The lowest BCUT2D eigenvalue weighted by atomic mass is 9.99. The summed E-state index contributed by atoms with van der Waals surface area (Å²) in [6.45, 7) is 2.20. The summed E-state index contributed by atoms with van der Waals surface area (Å²) in [5, 5.41) is 0. The molecule has 0 spiro atoms. The Morgan fingerprint density at radius 1 is 1.11 bits per heavy atom. The van der Waals surface area contributed by atoms with Gasteiger partial charge in [-0.2, -0.15) is 0 Å². The summed E-state index contributed by atoms with van der Waals surface area (Å²) in [7, 11) is 0. The van der Waals surface area contributed by atoms with Crippen LogP contribution in [-0.2, 0) is 0 Å². The van der Waals surface area contributed by atoms with E-state index in [1.807, 2.05) is 30.3 Å². The zero-order valence-corrected chi connectivity index (χ0v) is 11.9. The Morgan fingerprint density at radius 2 is 1.72 bits per heavy atom. The van der Waals surface area contributed by atoms with E-state index in [-0.39, 0.29) is 24.2 Å². The summed E-state index contributed by atoms with van der Waals surface area (Å²) in [6, 6.07) is 8.99. The van der Waals surface area contributed by atoms with E-state index >= 15 is 0 Å². The highest BCUT2D eigenvalue weighted by Crippen LogP contribution is 2.10. The molecule has 0 aliphatic heterocycles. The fraction of sp³-hybridized carbons (Fsp3) is 0.533. The molecule has 0 aliphatic carbocycles. The van der Waals surface area contributed by atoms with Crippen LogP contribution < -0.4 is 5.73 Å². The second kappa shape index (κ2) is 10.1. The predicted molar refractivity (Wildman–Crippen MR) is 79.4 cm³/mol. The molecule has 1 rings (SSSR count). The number of rotatable bonds is 8. The van der Waals surface area contributed by atoms with Crippen LogP contribution in [-0.4, -0.2) is 11.8 Å². The average molecular weight is 270 g/mol. The van der Waals surface area contributed by atoms with Crippen LogP contribution in [0.25, 0.3) is 0 Å². The van der Waals surface area contributed by atoms with Gasteiger partial charge in [0, 0.05) is 5.56 Å². The second-order valence-corrected chi connectivity index (χ2v) is 4.54. The van der Waals surface area contributed by atoms with Crippen molar-refractivity contribution in [2.45, 2.75) is 51.5 Å². The Hall–Kier alpha value is -0.860. The molecule has 18 heavy (non-hydrogen) atoms. The van der Waals surface area contributed by atoms with Crippen LogP contribution in [0.5, 0.6) is 0 Å². The van der Waals surface area contributed by atoms with E-state index in [9.17, 15) is 4.79 Å². The topological polar surface area (TPSA) is 43.1 Å². The van der Waals surface area contributed by atoms with E-state index in [2.05, 4.69) is 6.92 Å². The molecule has 0 fully saturated rings. The number of ketones is 1. The second-order valence-electron chi connectivity index (χ2n) is 4.54. The zero-order valence-electron chi connectivity index (χ0n) is 11.1. The van der Waals surface area contributed by atoms with Crippen LogP contribution in [0.2, 0.25) is 0 Å². The van der Waals surface area contributed by atoms with E-state index < -0.39 is 0 Å². The van der Waals surface area contributed by atoms with Crippen LogP contribution in [0.1, 0.15) is 55.8 Å². The first kappa shape index (κ1) is 17.1. The van der Waals surface area contributed by atoms with Gasteiger partial charge >= 0.3 is 0 Å². The minimum absolute atomic E-state index is 0. The highest BCUT2D eigenvalue weighted by atomic mass is 35.5. The van der Waals surface area contributed by atoms with Crippen LogP contribution in [0.4, 0.5) is 0 Å². The van der Waals surface area contributed by atoms with Gasteiger partial charge in [-0.1, -0.05) is 69.4 Å². The van der Waals surface area contributed by atoms with Crippen molar-refractivity contribution in [1.29, 1.82) is 0 Å². The molecule has 0 unspecified atom stereocenters. The number of carbonyl (C=O) groups is 1. The molecule has 0 saturated carbocycles. The lowest BCUT2D eigenvalue weighted by molar-refractivity contribution is 0.0956. The molecular weight excluding hydrogens is 246 g/mol. The Labute approximate surface area is 116 Å². The molecule has 0 amide bonds. The predicted octanol–water partition coefficient (Wildman–Crippen LogP) is 3.98. The first-order chi connectivity index (χ1) is 8.25. The zero-order chi connectivity index (χ0) is 12.5. The van der Waals surface area contributed by atoms with Gasteiger partial charge < -0.3 is 5.73 Å². The molecule has 0 aliphatic rings. The number of benzene rings is 1. The van der Waals surface area contributed by atoms with Crippen molar-refractivity contribution in [1.82, 2.24) is 0 Å².